The molecule has 0 aliphatic rings. The predicted octanol–water partition coefficient (Wildman–Crippen LogP) is 1.99. The molecule has 0 atom stereocenters. The summed E-state index contributed by atoms with van der Waals surface area (Å²) in [6.07, 6.45) is 0. The topological polar surface area (TPSA) is 37.3 Å². The summed E-state index contributed by atoms with van der Waals surface area (Å²) in [6.45, 7) is 0. The second kappa shape index (κ2) is 3.01. The van der Waals surface area contributed by atoms with Crippen LogP contribution in [0.5, 0.6) is 0 Å². The Morgan fingerprint density at radius 3 is 2.20 bits per heavy atom. The van der Waals surface area contributed by atoms with Crippen LogP contribution >= 0.6 is 22.6 Å². The molecule has 0 bridgehead atoms. The van der Waals surface area contributed by atoms with Crippen molar-refractivity contribution < 1.29 is 9.90 Å². The average Bonchev–Trinajstić information content (AvgIpc) is 1.88. The van der Waals surface area contributed by atoms with E-state index in [1.807, 2.05) is 0 Å². The third kappa shape index (κ3) is 1.70. The zero-order valence-corrected chi connectivity index (χ0v) is 7.20. The Hall–Kier alpha value is -0.580. The minimum absolute atomic E-state index is 0.334. The summed E-state index contributed by atoms with van der Waals surface area (Å²) >= 11 is 2.13. The molecule has 0 heterocycles. The molecule has 52 valence electrons. The molecular formula is C7H5IO2. The zero-order valence-electron chi connectivity index (χ0n) is 5.04. The van der Waals surface area contributed by atoms with Gasteiger partial charge in [-0.2, -0.15) is 0 Å². The molecule has 1 N–H and O–H groups in total. The second-order valence-electron chi connectivity index (χ2n) is 1.81. The summed E-state index contributed by atoms with van der Waals surface area (Å²) in [6, 6.07) is 6.71. The molecule has 0 saturated carbocycles. The minimum Gasteiger partial charge on any atom is -0.478 e. The van der Waals surface area contributed by atoms with Crippen LogP contribution in [0.15, 0.2) is 24.3 Å². The number of aromatic carboxylic acids is 1. The molecule has 1 aromatic carbocycles. The normalized spacial score (nSPS) is 9.30. The van der Waals surface area contributed by atoms with Crippen LogP contribution in [0.25, 0.3) is 0 Å². The standard InChI is InChI=1S/C7H5IO2/c8-6-3-1-5(2-4-6)7(9)10/h1-4H,(H,9,10)/i8-3. The van der Waals surface area contributed by atoms with Gasteiger partial charge in [-0.1, -0.05) is 0 Å². The number of halogens is 1. The van der Waals surface area contributed by atoms with E-state index in [9.17, 15) is 4.79 Å². The Morgan fingerprint density at radius 2 is 1.80 bits per heavy atom. The summed E-state index contributed by atoms with van der Waals surface area (Å²) in [5.41, 5.74) is 0.334. The maximum atomic E-state index is 10.3. The average molecular weight is 245 g/mol. The molecule has 1 rings (SSSR count). The Morgan fingerprint density at radius 1 is 1.30 bits per heavy atom. The lowest BCUT2D eigenvalue weighted by Gasteiger charge is -1.91. The highest BCUT2D eigenvalue weighted by molar-refractivity contribution is 14.1. The van der Waals surface area contributed by atoms with Gasteiger partial charge in [-0.15, -0.1) is 0 Å². The highest BCUT2D eigenvalue weighted by atomic mass is 124. The molecular weight excluding hydrogens is 240 g/mol. The summed E-state index contributed by atoms with van der Waals surface area (Å²) in [5.74, 6) is -0.878. The van der Waals surface area contributed by atoms with E-state index in [-0.39, 0.29) is 0 Å². The Labute approximate surface area is 72.0 Å². The van der Waals surface area contributed by atoms with Crippen molar-refractivity contribution in [3.63, 3.8) is 0 Å². The molecule has 10 heavy (non-hydrogen) atoms. The Kier molecular flexibility index (Phi) is 2.26. The van der Waals surface area contributed by atoms with Gasteiger partial charge >= 0.3 is 5.97 Å². The van der Waals surface area contributed by atoms with Crippen molar-refractivity contribution in [2.45, 2.75) is 0 Å². The molecule has 3 heteroatoms. The number of benzene rings is 1. The maximum absolute atomic E-state index is 10.3. The van der Waals surface area contributed by atoms with Gasteiger partial charge in [0.25, 0.3) is 0 Å². The molecule has 0 spiro atoms. The number of carboxylic acids is 1. The van der Waals surface area contributed by atoms with E-state index in [4.69, 9.17) is 5.11 Å². The number of rotatable bonds is 1. The van der Waals surface area contributed by atoms with Crippen LogP contribution in [0.1, 0.15) is 10.4 Å². The fraction of sp³-hybridized carbons (Fsp3) is 0. The van der Waals surface area contributed by atoms with Crippen LogP contribution in [-0.2, 0) is 0 Å². The molecule has 0 saturated heterocycles. The van der Waals surface area contributed by atoms with Crippen LogP contribution in [0.4, 0.5) is 0 Å². The van der Waals surface area contributed by atoms with Crippen molar-refractivity contribution in [1.29, 1.82) is 0 Å². The van der Waals surface area contributed by atoms with E-state index < -0.39 is 5.97 Å². The smallest absolute Gasteiger partial charge is 0.335 e. The predicted molar refractivity (Wildman–Crippen MR) is 46.1 cm³/mol. The summed E-state index contributed by atoms with van der Waals surface area (Å²) in [5, 5.41) is 8.47. The van der Waals surface area contributed by atoms with Crippen molar-refractivity contribution in [3.05, 3.63) is 33.4 Å². The van der Waals surface area contributed by atoms with Crippen LogP contribution < -0.4 is 0 Å². The fourth-order valence-electron chi connectivity index (χ4n) is 0.592. The fourth-order valence-corrected chi connectivity index (χ4v) is 0.952. The molecule has 0 fully saturated rings. The van der Waals surface area contributed by atoms with Gasteiger partial charge in [0.05, 0.1) is 5.56 Å². The van der Waals surface area contributed by atoms with Crippen molar-refractivity contribution in [1.82, 2.24) is 0 Å². The van der Waals surface area contributed by atoms with E-state index >= 15 is 0 Å². The summed E-state index contributed by atoms with van der Waals surface area (Å²) < 4.78 is 1.04. The van der Waals surface area contributed by atoms with Gasteiger partial charge in [0, 0.05) is 3.57 Å². The van der Waals surface area contributed by atoms with E-state index in [0.29, 0.717) is 5.56 Å². The molecule has 0 aromatic heterocycles. The van der Waals surface area contributed by atoms with Gasteiger partial charge in [-0.25, -0.2) is 4.79 Å². The zero-order chi connectivity index (χ0) is 7.56. The SMILES string of the molecule is O=C(O)c1ccc([124I])cc1. The first-order valence-electron chi connectivity index (χ1n) is 2.69. The summed E-state index contributed by atoms with van der Waals surface area (Å²) in [4.78, 5) is 10.3. The molecule has 1 aromatic rings. The minimum atomic E-state index is -0.878. The lowest BCUT2D eigenvalue weighted by Crippen LogP contribution is -1.94. The van der Waals surface area contributed by atoms with E-state index in [2.05, 4.69) is 22.6 Å². The first kappa shape index (κ1) is 7.53. The van der Waals surface area contributed by atoms with E-state index in [1.54, 1.807) is 24.3 Å². The number of carboxylic acid groups (broad SMARTS) is 1. The van der Waals surface area contributed by atoms with Crippen molar-refractivity contribution >= 4 is 28.6 Å². The largest absolute Gasteiger partial charge is 0.478 e. The monoisotopic (exact) mass is 245 g/mol. The Bertz CT molecular complexity index is 240. The van der Waals surface area contributed by atoms with Crippen molar-refractivity contribution in [3.8, 4) is 0 Å². The van der Waals surface area contributed by atoms with E-state index in [1.165, 1.54) is 0 Å². The molecule has 0 radical (unpaired) electrons. The van der Waals surface area contributed by atoms with Gasteiger partial charge in [0.1, 0.15) is 0 Å². The quantitative estimate of drug-likeness (QED) is 0.768. The van der Waals surface area contributed by atoms with Gasteiger partial charge in [-0.3, -0.25) is 0 Å². The van der Waals surface area contributed by atoms with Crippen molar-refractivity contribution in [2.24, 2.45) is 0 Å². The van der Waals surface area contributed by atoms with Gasteiger partial charge in [-0.05, 0) is 46.9 Å². The van der Waals surface area contributed by atoms with E-state index in [0.717, 1.165) is 3.57 Å². The summed E-state index contributed by atoms with van der Waals surface area (Å²) in [7, 11) is 0. The molecule has 0 amide bonds. The highest BCUT2D eigenvalue weighted by Gasteiger charge is 1.98. The molecule has 0 unspecified atom stereocenters. The number of carbonyl (C=O) groups is 1. The molecule has 0 aliphatic carbocycles. The first-order chi connectivity index (χ1) is 4.70. The number of hydrogen-bond donors (Lipinski definition) is 1. The molecule has 0 aliphatic heterocycles. The maximum Gasteiger partial charge on any atom is 0.335 e. The van der Waals surface area contributed by atoms with Crippen LogP contribution in [-0.4, -0.2) is 11.1 Å². The van der Waals surface area contributed by atoms with Crippen LogP contribution in [0, 0.1) is 3.57 Å². The third-order valence-electron chi connectivity index (χ3n) is 1.09. The lowest BCUT2D eigenvalue weighted by molar-refractivity contribution is 0.0697. The van der Waals surface area contributed by atoms with Crippen LogP contribution in [0.3, 0.4) is 0 Å². The van der Waals surface area contributed by atoms with Crippen molar-refractivity contribution in [2.75, 3.05) is 0 Å². The van der Waals surface area contributed by atoms with Gasteiger partial charge in [0.15, 0.2) is 0 Å². The second-order valence-corrected chi connectivity index (χ2v) is 3.06. The third-order valence-corrected chi connectivity index (χ3v) is 1.81. The highest BCUT2D eigenvalue weighted by Crippen LogP contribution is 2.05. The molecule has 2 nitrogen and oxygen atoms in total. The van der Waals surface area contributed by atoms with Gasteiger partial charge < -0.3 is 5.11 Å². The van der Waals surface area contributed by atoms with Crippen LogP contribution in [0.2, 0.25) is 0 Å². The Balaban J connectivity index is 3.00. The first-order valence-corrected chi connectivity index (χ1v) is 3.77. The van der Waals surface area contributed by atoms with Gasteiger partial charge in [0.2, 0.25) is 0 Å². The number of hydrogen-bond acceptors (Lipinski definition) is 1. The lowest BCUT2D eigenvalue weighted by atomic mass is 10.2.